The third-order valence-electron chi connectivity index (χ3n) is 6.89. The summed E-state index contributed by atoms with van der Waals surface area (Å²) in [5, 5.41) is 8.36. The predicted octanol–water partition coefficient (Wildman–Crippen LogP) is 10.9. The minimum absolute atomic E-state index is 0. The van der Waals surface area contributed by atoms with Gasteiger partial charge in [0.25, 0.3) is 0 Å². The van der Waals surface area contributed by atoms with Crippen LogP contribution in [0.4, 0.5) is 43.9 Å². The molecule has 2 heterocycles. The summed E-state index contributed by atoms with van der Waals surface area (Å²) in [5.41, 5.74) is -0.620. The van der Waals surface area contributed by atoms with E-state index in [-0.39, 0.29) is 42.8 Å². The molecule has 2 aromatic heterocycles. The van der Waals surface area contributed by atoms with E-state index in [0.29, 0.717) is 22.5 Å². The van der Waals surface area contributed by atoms with Crippen molar-refractivity contribution in [2.75, 3.05) is 0 Å². The Labute approximate surface area is 314 Å². The minimum Gasteiger partial charge on any atom is -0.512 e. The first-order chi connectivity index (χ1) is 25.1. The van der Waals surface area contributed by atoms with Crippen LogP contribution in [0, 0.1) is 70.3 Å². The summed E-state index contributed by atoms with van der Waals surface area (Å²) in [4.78, 5) is 18.1. The van der Waals surface area contributed by atoms with Gasteiger partial charge in [0, 0.05) is 49.7 Å². The molecule has 4 nitrogen and oxygen atoms in total. The van der Waals surface area contributed by atoms with Crippen molar-refractivity contribution >= 4 is 5.78 Å². The number of rotatable bonds is 5. The van der Waals surface area contributed by atoms with Gasteiger partial charge in [0.05, 0.1) is 5.76 Å². The molecule has 6 aromatic rings. The summed E-state index contributed by atoms with van der Waals surface area (Å²) >= 11 is 0. The van der Waals surface area contributed by atoms with Gasteiger partial charge >= 0.3 is 0 Å². The Hall–Kier alpha value is -5.66. The Bertz CT molecular complexity index is 2100. The van der Waals surface area contributed by atoms with Gasteiger partial charge in [-0.3, -0.25) is 4.79 Å². The topological polar surface area (TPSA) is 63.1 Å². The van der Waals surface area contributed by atoms with Crippen LogP contribution in [0.3, 0.4) is 0 Å². The molecule has 0 fully saturated rings. The van der Waals surface area contributed by atoms with Crippen molar-refractivity contribution in [3.8, 4) is 44.8 Å². The van der Waals surface area contributed by atoms with Crippen LogP contribution < -0.4 is 0 Å². The maximum Gasteiger partial charge on any atom is 0.200 e. The molecule has 1 N–H and O–H groups in total. The number of carbonyl (C=O) groups excluding carboxylic acids is 1. The first-order valence-corrected chi connectivity index (χ1v) is 14.9. The van der Waals surface area contributed by atoms with Gasteiger partial charge in [-0.1, -0.05) is 35.4 Å². The number of hydrogen-bond donors (Lipinski definition) is 1. The Morgan fingerprint density at radius 2 is 0.889 bits per heavy atom. The van der Waals surface area contributed by atoms with Gasteiger partial charge in [0.2, 0.25) is 11.6 Å². The fraction of sp³-hybridized carbons (Fsp3) is 0.0513. The summed E-state index contributed by atoms with van der Waals surface area (Å²) in [7, 11) is 0. The third-order valence-corrected chi connectivity index (χ3v) is 6.89. The molecule has 1 radical (unpaired) electrons. The van der Waals surface area contributed by atoms with Crippen LogP contribution >= 0.6 is 0 Å². The molecule has 54 heavy (non-hydrogen) atoms. The van der Waals surface area contributed by atoms with E-state index >= 15 is 0 Å². The first kappa shape index (κ1) is 42.7. The zero-order chi connectivity index (χ0) is 39.0. The molecule has 4 aromatic carbocycles. The fourth-order valence-corrected chi connectivity index (χ4v) is 4.59. The molecule has 0 spiro atoms. The van der Waals surface area contributed by atoms with Gasteiger partial charge in [-0.15, -0.1) is 59.7 Å². The zero-order valence-electron chi connectivity index (χ0n) is 27.5. The maximum absolute atomic E-state index is 13.9. The molecular formula is C39H22F10IrN2O2-2. The van der Waals surface area contributed by atoms with Crippen LogP contribution in [0.25, 0.3) is 44.8 Å². The summed E-state index contributed by atoms with van der Waals surface area (Å²) < 4.78 is 135. The molecule has 0 aliphatic heterocycles. The molecule has 0 aliphatic rings. The maximum atomic E-state index is 13.9. The van der Waals surface area contributed by atoms with E-state index in [1.54, 1.807) is 36.4 Å². The summed E-state index contributed by atoms with van der Waals surface area (Å²) in [6, 6.07) is 23.2. The second kappa shape index (κ2) is 18.9. The van der Waals surface area contributed by atoms with Crippen LogP contribution in [0.2, 0.25) is 0 Å². The van der Waals surface area contributed by atoms with Crippen molar-refractivity contribution in [3.05, 3.63) is 167 Å². The van der Waals surface area contributed by atoms with Gasteiger partial charge in [-0.05, 0) is 37.4 Å². The largest absolute Gasteiger partial charge is 0.512 e. The minimum atomic E-state index is -2.18. The number of pyridine rings is 2. The van der Waals surface area contributed by atoms with E-state index in [1.807, 2.05) is 0 Å². The average Bonchev–Trinajstić information content (AvgIpc) is 3.16. The molecule has 281 valence electrons. The quantitative estimate of drug-likeness (QED) is 0.0467. The Balaban J connectivity index is 0.000000244. The number of aromatic nitrogens is 2. The van der Waals surface area contributed by atoms with E-state index in [1.165, 1.54) is 68.7 Å². The van der Waals surface area contributed by atoms with Gasteiger partial charge in [0.1, 0.15) is 0 Å². The standard InChI is InChI=1S/2C17H7F5N.C5H8O2.Ir/c2*18-13-12(14(19)16(21)17(22)15(13)20)10-5-3-4-9(8-10)11-6-1-2-7-23-11;1-4(6)3-5(2)7;/h2*1-3,5-8H;3,6H,1-2H3;/q2*-1;;/b;;4-3-;. The number of aliphatic hydroxyl groups is 1. The summed E-state index contributed by atoms with van der Waals surface area (Å²) in [6.45, 7) is 2.85. The van der Waals surface area contributed by atoms with Crippen molar-refractivity contribution in [2.24, 2.45) is 0 Å². The SMILES string of the molecule is CC(=O)/C=C(/C)O.Fc1c(F)c(F)c(-c2cc[c-]c(-c3ccccn3)c2)c(F)c1F.Fc1c(F)c(F)c(-c2cc[c-]c(-c3ccccn3)c2)c(F)c1F.[Ir]. The molecule has 0 amide bonds. The molecule has 0 atom stereocenters. The Morgan fingerprint density at radius 1 is 0.556 bits per heavy atom. The third kappa shape index (κ3) is 9.85. The Morgan fingerprint density at radius 3 is 1.15 bits per heavy atom. The van der Waals surface area contributed by atoms with Crippen molar-refractivity contribution in [3.63, 3.8) is 0 Å². The van der Waals surface area contributed by atoms with E-state index < -0.39 is 69.3 Å². The second-order valence-corrected chi connectivity index (χ2v) is 10.7. The van der Waals surface area contributed by atoms with Crippen LogP contribution in [0.1, 0.15) is 13.8 Å². The van der Waals surface area contributed by atoms with E-state index in [0.717, 1.165) is 0 Å². The molecule has 6 rings (SSSR count). The average molecular weight is 933 g/mol. The molecule has 0 saturated heterocycles. The predicted molar refractivity (Wildman–Crippen MR) is 175 cm³/mol. The van der Waals surface area contributed by atoms with Crippen molar-refractivity contribution in [1.82, 2.24) is 9.97 Å². The number of aliphatic hydroxyl groups excluding tert-OH is 1. The van der Waals surface area contributed by atoms with E-state index in [4.69, 9.17) is 5.11 Å². The second-order valence-electron chi connectivity index (χ2n) is 10.7. The molecule has 0 unspecified atom stereocenters. The van der Waals surface area contributed by atoms with Gasteiger partial charge < -0.3 is 15.1 Å². The number of allylic oxidation sites excluding steroid dienone is 2. The summed E-state index contributed by atoms with van der Waals surface area (Å²) in [6.07, 6.45) is 4.18. The summed E-state index contributed by atoms with van der Waals surface area (Å²) in [5.74, 6) is -19.9. The molecule has 0 bridgehead atoms. The zero-order valence-corrected chi connectivity index (χ0v) is 29.9. The number of ketones is 1. The van der Waals surface area contributed by atoms with Gasteiger partial charge in [0.15, 0.2) is 52.3 Å². The van der Waals surface area contributed by atoms with Gasteiger partial charge in [-0.25, -0.2) is 43.9 Å². The monoisotopic (exact) mass is 933 g/mol. The molecule has 0 saturated carbocycles. The number of carbonyl (C=O) groups is 1. The number of nitrogens with zero attached hydrogens (tertiary/aromatic N) is 2. The van der Waals surface area contributed by atoms with Crippen molar-refractivity contribution in [2.45, 2.75) is 13.8 Å². The fourth-order valence-electron chi connectivity index (χ4n) is 4.59. The van der Waals surface area contributed by atoms with E-state index in [9.17, 15) is 48.7 Å². The molecule has 0 aliphatic carbocycles. The van der Waals surface area contributed by atoms with Crippen LogP contribution in [-0.2, 0) is 24.9 Å². The number of hydrogen-bond acceptors (Lipinski definition) is 4. The normalized spacial score (nSPS) is 10.7. The molecule has 15 heteroatoms. The van der Waals surface area contributed by atoms with Crippen LogP contribution in [0.5, 0.6) is 0 Å². The van der Waals surface area contributed by atoms with Crippen molar-refractivity contribution < 1.29 is 73.9 Å². The Kier molecular flexibility index (Phi) is 15.0. The number of halogens is 10. The van der Waals surface area contributed by atoms with Gasteiger partial charge in [-0.2, -0.15) is 0 Å². The van der Waals surface area contributed by atoms with Crippen molar-refractivity contribution in [1.29, 1.82) is 0 Å². The van der Waals surface area contributed by atoms with Crippen LogP contribution in [0.15, 0.2) is 97.0 Å². The van der Waals surface area contributed by atoms with E-state index in [2.05, 4.69) is 22.1 Å². The first-order valence-electron chi connectivity index (χ1n) is 14.9. The van der Waals surface area contributed by atoms with Crippen LogP contribution in [-0.4, -0.2) is 20.9 Å². The number of benzene rings is 4. The molecular weight excluding hydrogens is 911 g/mol. The smallest absolute Gasteiger partial charge is 0.200 e.